The van der Waals surface area contributed by atoms with E-state index >= 15 is 0 Å². The first-order valence-corrected chi connectivity index (χ1v) is 8.93. The molecule has 4 nitrogen and oxygen atoms in total. The Hall–Kier alpha value is -1.69. The summed E-state index contributed by atoms with van der Waals surface area (Å²) in [6.07, 6.45) is 0.606. The van der Waals surface area contributed by atoms with E-state index in [1.165, 1.54) is 4.88 Å². The monoisotopic (exact) mass is 329 g/mol. The van der Waals surface area contributed by atoms with Gasteiger partial charge in [0.15, 0.2) is 0 Å². The number of carbonyl (C=O) groups excluding carboxylic acids is 1. The maximum Gasteiger partial charge on any atom is 0.239 e. The van der Waals surface area contributed by atoms with Gasteiger partial charge in [-0.2, -0.15) is 0 Å². The first-order valence-electron chi connectivity index (χ1n) is 8.05. The van der Waals surface area contributed by atoms with E-state index in [2.05, 4.69) is 22.4 Å². The van der Waals surface area contributed by atoms with E-state index in [0.29, 0.717) is 6.42 Å². The van der Waals surface area contributed by atoms with Gasteiger partial charge < -0.3 is 10.6 Å². The number of nitrogens with zero attached hydrogens (tertiary/aromatic N) is 2. The lowest BCUT2D eigenvalue weighted by molar-refractivity contribution is -0.134. The Morgan fingerprint density at radius 3 is 2.48 bits per heavy atom. The summed E-state index contributed by atoms with van der Waals surface area (Å²) in [5.41, 5.74) is 7.24. The summed E-state index contributed by atoms with van der Waals surface area (Å²) in [6.45, 7) is 4.36. The molecule has 1 amide bonds. The number of rotatable bonds is 5. The number of amides is 1. The Kier molecular flexibility index (Phi) is 5.43. The van der Waals surface area contributed by atoms with E-state index in [0.717, 1.165) is 38.3 Å². The second-order valence-electron chi connectivity index (χ2n) is 5.98. The fourth-order valence-corrected chi connectivity index (χ4v) is 3.69. The van der Waals surface area contributed by atoms with Crippen molar-refractivity contribution in [3.8, 4) is 0 Å². The highest BCUT2D eigenvalue weighted by atomic mass is 32.1. The molecule has 1 atom stereocenters. The molecule has 122 valence electrons. The summed E-state index contributed by atoms with van der Waals surface area (Å²) >= 11 is 1.79. The zero-order valence-corrected chi connectivity index (χ0v) is 14.0. The van der Waals surface area contributed by atoms with Crippen LogP contribution < -0.4 is 5.73 Å². The third-order valence-electron chi connectivity index (χ3n) is 4.26. The molecule has 3 rings (SSSR count). The fraction of sp³-hybridized carbons (Fsp3) is 0.389. The molecule has 1 saturated heterocycles. The summed E-state index contributed by atoms with van der Waals surface area (Å²) < 4.78 is 0. The molecule has 0 bridgehead atoms. The van der Waals surface area contributed by atoms with Gasteiger partial charge in [0, 0.05) is 37.6 Å². The molecule has 1 aromatic carbocycles. The van der Waals surface area contributed by atoms with E-state index in [4.69, 9.17) is 5.73 Å². The van der Waals surface area contributed by atoms with Crippen molar-refractivity contribution >= 4 is 17.2 Å². The van der Waals surface area contributed by atoms with Crippen molar-refractivity contribution in [2.45, 2.75) is 19.0 Å². The van der Waals surface area contributed by atoms with Crippen LogP contribution in [0.2, 0.25) is 0 Å². The van der Waals surface area contributed by atoms with E-state index in [1.807, 2.05) is 35.2 Å². The molecule has 0 spiro atoms. The average Bonchev–Trinajstić information content (AvgIpc) is 3.09. The summed E-state index contributed by atoms with van der Waals surface area (Å²) in [7, 11) is 0. The van der Waals surface area contributed by atoms with E-state index in [-0.39, 0.29) is 5.91 Å². The van der Waals surface area contributed by atoms with Crippen molar-refractivity contribution in [3.63, 3.8) is 0 Å². The molecule has 2 aromatic rings. The highest BCUT2D eigenvalue weighted by Crippen LogP contribution is 2.14. The molecule has 2 N–H and O–H groups in total. The van der Waals surface area contributed by atoms with Crippen LogP contribution in [0.5, 0.6) is 0 Å². The number of thiophene rings is 1. The number of nitrogens with two attached hydrogens (primary N) is 1. The third kappa shape index (κ3) is 4.41. The predicted octanol–water partition coefficient (Wildman–Crippen LogP) is 1.96. The normalized spacial score (nSPS) is 17.2. The molecule has 0 radical (unpaired) electrons. The largest absolute Gasteiger partial charge is 0.339 e. The van der Waals surface area contributed by atoms with E-state index in [1.54, 1.807) is 11.3 Å². The van der Waals surface area contributed by atoms with Crippen molar-refractivity contribution in [1.29, 1.82) is 0 Å². The fourth-order valence-electron chi connectivity index (χ4n) is 2.94. The molecule has 1 aromatic heterocycles. The van der Waals surface area contributed by atoms with Crippen LogP contribution in [0, 0.1) is 0 Å². The standard InChI is InChI=1S/C18H23N3OS/c19-17(13-15-5-2-1-3-6-15)18(22)21-10-8-20(9-11-21)14-16-7-4-12-23-16/h1-7,12,17H,8-11,13-14,19H2. The Morgan fingerprint density at radius 2 is 1.83 bits per heavy atom. The quantitative estimate of drug-likeness (QED) is 0.912. The maximum atomic E-state index is 12.5. The third-order valence-corrected chi connectivity index (χ3v) is 5.12. The number of hydrogen-bond acceptors (Lipinski definition) is 4. The van der Waals surface area contributed by atoms with Gasteiger partial charge in [-0.15, -0.1) is 11.3 Å². The van der Waals surface area contributed by atoms with Crippen LogP contribution >= 0.6 is 11.3 Å². The molecule has 0 saturated carbocycles. The summed E-state index contributed by atoms with van der Waals surface area (Å²) in [4.78, 5) is 18.2. The molecule has 23 heavy (non-hydrogen) atoms. The van der Waals surface area contributed by atoms with Gasteiger partial charge >= 0.3 is 0 Å². The van der Waals surface area contributed by atoms with Gasteiger partial charge in [0.2, 0.25) is 5.91 Å². The molecule has 1 aliphatic heterocycles. The van der Waals surface area contributed by atoms with Gasteiger partial charge in [-0.25, -0.2) is 0 Å². The van der Waals surface area contributed by atoms with Crippen LogP contribution in [0.1, 0.15) is 10.4 Å². The Bertz CT molecular complexity index is 606. The van der Waals surface area contributed by atoms with Crippen molar-refractivity contribution in [2.24, 2.45) is 5.73 Å². The van der Waals surface area contributed by atoms with Crippen molar-refractivity contribution in [1.82, 2.24) is 9.80 Å². The molecular formula is C18H23N3OS. The molecule has 1 fully saturated rings. The number of piperazine rings is 1. The topological polar surface area (TPSA) is 49.6 Å². The summed E-state index contributed by atoms with van der Waals surface area (Å²) in [5.74, 6) is 0.0737. The minimum Gasteiger partial charge on any atom is -0.339 e. The predicted molar refractivity (Wildman–Crippen MR) is 94.3 cm³/mol. The van der Waals surface area contributed by atoms with Crippen LogP contribution in [0.25, 0.3) is 0 Å². The van der Waals surface area contributed by atoms with Crippen LogP contribution in [0.4, 0.5) is 0 Å². The highest BCUT2D eigenvalue weighted by molar-refractivity contribution is 7.09. The van der Waals surface area contributed by atoms with Crippen LogP contribution in [-0.4, -0.2) is 47.9 Å². The van der Waals surface area contributed by atoms with Crippen LogP contribution in [-0.2, 0) is 17.8 Å². The number of hydrogen-bond donors (Lipinski definition) is 1. The van der Waals surface area contributed by atoms with Crippen molar-refractivity contribution in [3.05, 3.63) is 58.3 Å². The van der Waals surface area contributed by atoms with Crippen LogP contribution in [0.15, 0.2) is 47.8 Å². The Labute approximate surface area is 141 Å². The summed E-state index contributed by atoms with van der Waals surface area (Å²) in [6, 6.07) is 13.8. The highest BCUT2D eigenvalue weighted by Gasteiger charge is 2.25. The molecular weight excluding hydrogens is 306 g/mol. The number of carbonyl (C=O) groups is 1. The lowest BCUT2D eigenvalue weighted by atomic mass is 10.1. The molecule has 0 aliphatic carbocycles. The minimum absolute atomic E-state index is 0.0737. The van der Waals surface area contributed by atoms with Crippen LogP contribution in [0.3, 0.4) is 0 Å². The lowest BCUT2D eigenvalue weighted by Crippen LogP contribution is -2.53. The second kappa shape index (κ2) is 7.73. The molecule has 5 heteroatoms. The van der Waals surface area contributed by atoms with Gasteiger partial charge in [0.25, 0.3) is 0 Å². The first-order chi connectivity index (χ1) is 11.2. The van der Waals surface area contributed by atoms with Gasteiger partial charge in [-0.1, -0.05) is 36.4 Å². The first kappa shape index (κ1) is 16.2. The lowest BCUT2D eigenvalue weighted by Gasteiger charge is -2.35. The second-order valence-corrected chi connectivity index (χ2v) is 7.01. The Balaban J connectivity index is 1.47. The zero-order chi connectivity index (χ0) is 16.1. The zero-order valence-electron chi connectivity index (χ0n) is 13.2. The van der Waals surface area contributed by atoms with Gasteiger partial charge in [0.05, 0.1) is 6.04 Å². The van der Waals surface area contributed by atoms with Gasteiger partial charge in [-0.3, -0.25) is 9.69 Å². The smallest absolute Gasteiger partial charge is 0.239 e. The average molecular weight is 329 g/mol. The van der Waals surface area contributed by atoms with Gasteiger partial charge in [-0.05, 0) is 23.4 Å². The number of benzene rings is 1. The van der Waals surface area contributed by atoms with Gasteiger partial charge in [0.1, 0.15) is 0 Å². The minimum atomic E-state index is -0.443. The molecule has 1 aliphatic rings. The SMILES string of the molecule is NC(Cc1ccccc1)C(=O)N1CCN(Cc2cccs2)CC1. The van der Waals surface area contributed by atoms with Crippen molar-refractivity contribution < 1.29 is 4.79 Å². The Morgan fingerprint density at radius 1 is 1.09 bits per heavy atom. The van der Waals surface area contributed by atoms with E-state index < -0.39 is 6.04 Å². The molecule has 2 heterocycles. The van der Waals surface area contributed by atoms with Crippen molar-refractivity contribution in [2.75, 3.05) is 26.2 Å². The summed E-state index contributed by atoms with van der Waals surface area (Å²) in [5, 5.41) is 2.11. The maximum absolute atomic E-state index is 12.5. The van der Waals surface area contributed by atoms with E-state index in [9.17, 15) is 4.79 Å². The molecule has 1 unspecified atom stereocenters.